The third kappa shape index (κ3) is 5.49. The fraction of sp³-hybridized carbons (Fsp3) is 0.278. The number of rotatable bonds is 7. The summed E-state index contributed by atoms with van der Waals surface area (Å²) in [5.74, 6) is -1.39. The first kappa shape index (κ1) is 22.5. The minimum absolute atomic E-state index is 0.0786. The Hall–Kier alpha value is -3.19. The fourth-order valence-electron chi connectivity index (χ4n) is 2.98. The van der Waals surface area contributed by atoms with Gasteiger partial charge in [-0.25, -0.2) is 27.8 Å². The van der Waals surface area contributed by atoms with E-state index < -0.39 is 28.5 Å². The SMILES string of the molecule is CS(=O)(=O)NCCC(c1ccc(-n2cc(-c3ccnc(N)c3N)cn2)nc1)C(F)(F)F. The van der Waals surface area contributed by atoms with Crippen molar-refractivity contribution in [1.82, 2.24) is 24.5 Å². The van der Waals surface area contributed by atoms with E-state index in [-0.39, 0.29) is 17.9 Å². The fourth-order valence-corrected chi connectivity index (χ4v) is 3.46. The zero-order chi connectivity index (χ0) is 22.8. The van der Waals surface area contributed by atoms with Gasteiger partial charge in [-0.3, -0.25) is 0 Å². The summed E-state index contributed by atoms with van der Waals surface area (Å²) in [6, 6.07) is 4.36. The summed E-state index contributed by atoms with van der Waals surface area (Å²) in [5, 5.41) is 4.17. The number of hydrogen-bond donors (Lipinski definition) is 3. The third-order valence-electron chi connectivity index (χ3n) is 4.51. The van der Waals surface area contributed by atoms with Gasteiger partial charge in [-0.1, -0.05) is 6.07 Å². The van der Waals surface area contributed by atoms with E-state index >= 15 is 0 Å². The number of nitrogens with zero attached hydrogens (tertiary/aromatic N) is 4. The van der Waals surface area contributed by atoms with Crippen LogP contribution in [0.4, 0.5) is 24.7 Å². The first-order valence-electron chi connectivity index (χ1n) is 8.98. The molecule has 0 aliphatic heterocycles. The summed E-state index contributed by atoms with van der Waals surface area (Å²) < 4.78 is 66.1. The molecule has 5 N–H and O–H groups in total. The maximum atomic E-state index is 13.5. The van der Waals surface area contributed by atoms with Crippen LogP contribution in [0.2, 0.25) is 0 Å². The van der Waals surface area contributed by atoms with Crippen LogP contribution in [0.15, 0.2) is 43.0 Å². The van der Waals surface area contributed by atoms with Crippen LogP contribution < -0.4 is 16.2 Å². The van der Waals surface area contributed by atoms with E-state index in [0.717, 1.165) is 12.5 Å². The smallest absolute Gasteiger partial charge is 0.395 e. The first-order chi connectivity index (χ1) is 14.5. The lowest BCUT2D eigenvalue weighted by Crippen LogP contribution is -2.29. The van der Waals surface area contributed by atoms with Gasteiger partial charge < -0.3 is 11.5 Å². The Bertz CT molecular complexity index is 1160. The lowest BCUT2D eigenvalue weighted by Gasteiger charge is -2.20. The van der Waals surface area contributed by atoms with Gasteiger partial charge >= 0.3 is 6.18 Å². The molecule has 0 aliphatic rings. The summed E-state index contributed by atoms with van der Waals surface area (Å²) in [6.07, 6.45) is 1.63. The molecule has 0 aromatic carbocycles. The minimum atomic E-state index is -4.56. The highest BCUT2D eigenvalue weighted by Gasteiger charge is 2.40. The van der Waals surface area contributed by atoms with Crippen LogP contribution in [0.1, 0.15) is 17.9 Å². The molecule has 166 valence electrons. The van der Waals surface area contributed by atoms with E-state index in [2.05, 4.69) is 19.8 Å². The topological polar surface area (TPSA) is 142 Å². The number of hydrogen-bond acceptors (Lipinski definition) is 7. The van der Waals surface area contributed by atoms with Crippen molar-refractivity contribution in [1.29, 1.82) is 0 Å². The van der Waals surface area contributed by atoms with Crippen LogP contribution in [0.5, 0.6) is 0 Å². The molecule has 3 aromatic rings. The summed E-state index contributed by atoms with van der Waals surface area (Å²) in [6.45, 7) is -0.343. The largest absolute Gasteiger partial charge is 0.395 e. The second kappa shape index (κ2) is 8.51. The van der Waals surface area contributed by atoms with Crippen LogP contribution in [0.3, 0.4) is 0 Å². The van der Waals surface area contributed by atoms with Crippen molar-refractivity contribution in [2.45, 2.75) is 18.5 Å². The molecule has 3 heterocycles. The number of anilines is 2. The van der Waals surface area contributed by atoms with E-state index in [4.69, 9.17) is 11.5 Å². The van der Waals surface area contributed by atoms with Crippen molar-refractivity contribution in [3.63, 3.8) is 0 Å². The van der Waals surface area contributed by atoms with Gasteiger partial charge in [-0.2, -0.15) is 18.3 Å². The van der Waals surface area contributed by atoms with Crippen molar-refractivity contribution in [3.8, 4) is 16.9 Å². The molecule has 0 saturated carbocycles. The number of alkyl halides is 3. The van der Waals surface area contributed by atoms with Gasteiger partial charge in [0, 0.05) is 36.3 Å². The molecule has 1 atom stereocenters. The summed E-state index contributed by atoms with van der Waals surface area (Å²) in [4.78, 5) is 7.97. The number of pyridine rings is 2. The van der Waals surface area contributed by atoms with Crippen molar-refractivity contribution >= 4 is 21.5 Å². The number of halogens is 3. The van der Waals surface area contributed by atoms with E-state index in [1.54, 1.807) is 12.3 Å². The Morgan fingerprint density at radius 3 is 2.52 bits per heavy atom. The molecule has 0 saturated heterocycles. The maximum Gasteiger partial charge on any atom is 0.395 e. The van der Waals surface area contributed by atoms with Crippen molar-refractivity contribution in [2.75, 3.05) is 24.3 Å². The van der Waals surface area contributed by atoms with Crippen LogP contribution in [-0.2, 0) is 10.0 Å². The normalized spacial score (nSPS) is 13.3. The Morgan fingerprint density at radius 1 is 1.16 bits per heavy atom. The van der Waals surface area contributed by atoms with Crippen molar-refractivity contribution < 1.29 is 21.6 Å². The predicted octanol–water partition coefficient (Wildman–Crippen LogP) is 2.08. The van der Waals surface area contributed by atoms with Gasteiger partial charge in [0.2, 0.25) is 10.0 Å². The number of aromatic nitrogens is 4. The molecule has 0 fully saturated rings. The molecule has 0 amide bonds. The van der Waals surface area contributed by atoms with E-state index in [9.17, 15) is 21.6 Å². The number of sulfonamides is 1. The van der Waals surface area contributed by atoms with Gasteiger partial charge in [-0.05, 0) is 24.1 Å². The molecular formula is C18H20F3N7O2S. The average Bonchev–Trinajstić information content (AvgIpc) is 3.16. The zero-order valence-electron chi connectivity index (χ0n) is 16.3. The third-order valence-corrected chi connectivity index (χ3v) is 5.24. The highest BCUT2D eigenvalue weighted by Crippen LogP contribution is 2.37. The second-order valence-corrected chi connectivity index (χ2v) is 8.66. The molecule has 1 unspecified atom stereocenters. The minimum Gasteiger partial charge on any atom is -0.395 e. The molecule has 3 aromatic heterocycles. The number of nitrogen functional groups attached to an aromatic ring is 2. The molecular weight excluding hydrogens is 435 g/mol. The number of nitrogens with two attached hydrogens (primary N) is 2. The van der Waals surface area contributed by atoms with Crippen LogP contribution in [0, 0.1) is 0 Å². The molecule has 3 rings (SSSR count). The quantitative estimate of drug-likeness (QED) is 0.495. The standard InChI is InChI=1S/C18H20F3N7O2S/c1-31(29,30)27-7-5-14(18(19,20)21)11-2-3-15(25-8-11)28-10-12(9-26-28)13-4-6-24-17(23)16(13)22/h2-4,6,8-10,14,27H,5,7,22H2,1H3,(H2,23,24). The van der Waals surface area contributed by atoms with E-state index in [0.29, 0.717) is 22.6 Å². The van der Waals surface area contributed by atoms with Gasteiger partial charge in [0.15, 0.2) is 5.82 Å². The summed E-state index contributed by atoms with van der Waals surface area (Å²) in [7, 11) is -3.58. The molecule has 31 heavy (non-hydrogen) atoms. The van der Waals surface area contributed by atoms with E-state index in [1.165, 1.54) is 29.2 Å². The van der Waals surface area contributed by atoms with Gasteiger partial charge in [-0.15, -0.1) is 0 Å². The first-order valence-corrected chi connectivity index (χ1v) is 10.9. The lowest BCUT2D eigenvalue weighted by molar-refractivity contribution is -0.151. The van der Waals surface area contributed by atoms with Crippen molar-refractivity contribution in [3.05, 3.63) is 48.5 Å². The Balaban J connectivity index is 1.81. The molecule has 13 heteroatoms. The highest BCUT2D eigenvalue weighted by molar-refractivity contribution is 7.88. The number of nitrogens with one attached hydrogen (secondary N) is 1. The van der Waals surface area contributed by atoms with Crippen LogP contribution in [-0.4, -0.2) is 47.1 Å². The van der Waals surface area contributed by atoms with E-state index in [1.807, 2.05) is 0 Å². The zero-order valence-corrected chi connectivity index (χ0v) is 17.2. The Kier molecular flexibility index (Phi) is 6.18. The molecule has 0 aliphatic carbocycles. The van der Waals surface area contributed by atoms with Crippen LogP contribution >= 0.6 is 0 Å². The molecule has 9 nitrogen and oxygen atoms in total. The maximum absolute atomic E-state index is 13.5. The highest BCUT2D eigenvalue weighted by atomic mass is 32.2. The summed E-state index contributed by atoms with van der Waals surface area (Å²) in [5.41, 5.74) is 13.1. The lowest BCUT2D eigenvalue weighted by atomic mass is 9.97. The molecule has 0 bridgehead atoms. The van der Waals surface area contributed by atoms with Gasteiger partial charge in [0.25, 0.3) is 0 Å². The average molecular weight is 455 g/mol. The Morgan fingerprint density at radius 2 is 1.90 bits per heavy atom. The second-order valence-electron chi connectivity index (χ2n) is 6.83. The van der Waals surface area contributed by atoms with Crippen molar-refractivity contribution in [2.24, 2.45) is 0 Å². The van der Waals surface area contributed by atoms with Gasteiger partial charge in [0.05, 0.1) is 24.1 Å². The Labute approximate surface area is 176 Å². The summed E-state index contributed by atoms with van der Waals surface area (Å²) >= 11 is 0. The molecule has 0 spiro atoms. The predicted molar refractivity (Wildman–Crippen MR) is 110 cm³/mol. The van der Waals surface area contributed by atoms with Gasteiger partial charge in [0.1, 0.15) is 5.82 Å². The molecule has 0 radical (unpaired) electrons. The van der Waals surface area contributed by atoms with Crippen LogP contribution in [0.25, 0.3) is 16.9 Å². The monoisotopic (exact) mass is 455 g/mol.